The van der Waals surface area contributed by atoms with Crippen LogP contribution in [0.4, 0.5) is 8.78 Å². The van der Waals surface area contributed by atoms with Crippen molar-refractivity contribution >= 4 is 28.5 Å². The molecule has 5 rings (SSSR count). The standard InChI is InChI=1S/C26H27ClF2N2O5/c1-15-3-2-8-31(15)14-19(24(32)16-4-6-21-22(12-16)35-10-9-34-21)30-25(33)26(28,29)23-13-17-11-18(27)5-7-20(17)36-23/h4-7,11-13,15,19,24,32H,2-3,8-10,14H2,1H3,(H,30,33)/t15-,19+,24+/m0/s1. The van der Waals surface area contributed by atoms with Crippen molar-refractivity contribution in [2.45, 2.75) is 43.9 Å². The van der Waals surface area contributed by atoms with E-state index in [9.17, 15) is 9.90 Å². The van der Waals surface area contributed by atoms with Crippen LogP contribution in [0.3, 0.4) is 0 Å². The van der Waals surface area contributed by atoms with Gasteiger partial charge in [0, 0.05) is 23.0 Å². The molecule has 2 aromatic carbocycles. The number of carbonyl (C=O) groups is 1. The number of carbonyl (C=O) groups excluding carboxylic acids is 1. The van der Waals surface area contributed by atoms with Gasteiger partial charge in [0.25, 0.3) is 5.91 Å². The lowest BCUT2D eigenvalue weighted by atomic mass is 10.00. The van der Waals surface area contributed by atoms with Crippen LogP contribution < -0.4 is 14.8 Å². The summed E-state index contributed by atoms with van der Waals surface area (Å²) in [6.45, 7) is 3.78. The maximum Gasteiger partial charge on any atom is 0.380 e. The Labute approximate surface area is 211 Å². The number of aliphatic hydroxyl groups is 1. The van der Waals surface area contributed by atoms with E-state index in [2.05, 4.69) is 10.2 Å². The van der Waals surface area contributed by atoms with Gasteiger partial charge in [0.2, 0.25) is 0 Å². The summed E-state index contributed by atoms with van der Waals surface area (Å²) < 4.78 is 46.9. The Hall–Kier alpha value is -2.88. The van der Waals surface area contributed by atoms with Crippen LogP contribution in [0.1, 0.15) is 37.2 Å². The van der Waals surface area contributed by atoms with Crippen LogP contribution in [0.2, 0.25) is 5.02 Å². The van der Waals surface area contributed by atoms with Gasteiger partial charge < -0.3 is 24.3 Å². The minimum atomic E-state index is -3.97. The van der Waals surface area contributed by atoms with Gasteiger partial charge in [0.05, 0.1) is 6.04 Å². The van der Waals surface area contributed by atoms with Crippen LogP contribution in [0.25, 0.3) is 11.0 Å². The first-order chi connectivity index (χ1) is 17.2. The van der Waals surface area contributed by atoms with Crippen LogP contribution in [0.5, 0.6) is 11.5 Å². The molecule has 1 amide bonds. The van der Waals surface area contributed by atoms with E-state index >= 15 is 8.78 Å². The average Bonchev–Trinajstić information content (AvgIpc) is 3.48. The molecule has 3 aromatic rings. The first kappa shape index (κ1) is 24.8. The molecule has 0 spiro atoms. The van der Waals surface area contributed by atoms with Crippen LogP contribution in [0.15, 0.2) is 46.9 Å². The molecule has 3 heterocycles. The molecule has 36 heavy (non-hydrogen) atoms. The van der Waals surface area contributed by atoms with E-state index in [1.165, 1.54) is 18.2 Å². The van der Waals surface area contributed by atoms with Gasteiger partial charge in [0.15, 0.2) is 17.3 Å². The van der Waals surface area contributed by atoms with Crippen molar-refractivity contribution in [2.75, 3.05) is 26.3 Å². The second kappa shape index (κ2) is 9.88. The highest BCUT2D eigenvalue weighted by Crippen LogP contribution is 2.36. The maximum absolute atomic E-state index is 15.3. The molecule has 192 valence electrons. The van der Waals surface area contributed by atoms with E-state index in [1.807, 2.05) is 6.92 Å². The minimum absolute atomic E-state index is 0.195. The third kappa shape index (κ3) is 4.87. The number of nitrogens with one attached hydrogen (secondary N) is 1. The number of benzene rings is 2. The highest BCUT2D eigenvalue weighted by molar-refractivity contribution is 6.31. The lowest BCUT2D eigenvalue weighted by Gasteiger charge is -2.32. The van der Waals surface area contributed by atoms with E-state index in [4.69, 9.17) is 25.5 Å². The lowest BCUT2D eigenvalue weighted by molar-refractivity contribution is -0.151. The molecule has 0 saturated carbocycles. The fourth-order valence-corrected chi connectivity index (χ4v) is 4.94. The zero-order chi connectivity index (χ0) is 25.4. The number of rotatable bonds is 7. The normalized spacial score (nSPS) is 19.9. The van der Waals surface area contributed by atoms with Gasteiger partial charge >= 0.3 is 5.92 Å². The zero-order valence-electron chi connectivity index (χ0n) is 19.7. The molecule has 2 aliphatic rings. The topological polar surface area (TPSA) is 84.2 Å². The van der Waals surface area contributed by atoms with Crippen molar-refractivity contribution in [1.82, 2.24) is 10.2 Å². The van der Waals surface area contributed by atoms with Gasteiger partial charge in [-0.05, 0) is 68.3 Å². The molecule has 10 heteroatoms. The fourth-order valence-electron chi connectivity index (χ4n) is 4.76. The Bertz CT molecular complexity index is 1270. The van der Waals surface area contributed by atoms with Crippen LogP contribution in [0, 0.1) is 0 Å². The highest BCUT2D eigenvalue weighted by Gasteiger charge is 2.46. The Kier molecular flexibility index (Phi) is 6.80. The predicted octanol–water partition coefficient (Wildman–Crippen LogP) is 4.65. The summed E-state index contributed by atoms with van der Waals surface area (Å²) in [6.07, 6.45) is 0.654. The molecule has 1 saturated heterocycles. The van der Waals surface area contributed by atoms with E-state index in [1.54, 1.807) is 18.2 Å². The first-order valence-electron chi connectivity index (χ1n) is 11.9. The first-order valence-corrected chi connectivity index (χ1v) is 12.3. The van der Waals surface area contributed by atoms with E-state index in [0.717, 1.165) is 25.5 Å². The second-order valence-corrected chi connectivity index (χ2v) is 9.72. The molecule has 0 bridgehead atoms. The number of amides is 1. The SMILES string of the molecule is C[C@H]1CCCN1C[C@@H](NC(=O)C(F)(F)c1cc2cc(Cl)ccc2o1)[C@H](O)c1ccc2c(c1)OCCO2. The molecule has 0 unspecified atom stereocenters. The summed E-state index contributed by atoms with van der Waals surface area (Å²) in [4.78, 5) is 15.0. The Morgan fingerprint density at radius 3 is 2.72 bits per heavy atom. The quantitative estimate of drug-likeness (QED) is 0.472. The number of furan rings is 1. The van der Waals surface area contributed by atoms with Gasteiger partial charge in [0.1, 0.15) is 24.9 Å². The number of hydrogen-bond acceptors (Lipinski definition) is 6. The van der Waals surface area contributed by atoms with Crippen molar-refractivity contribution in [3.8, 4) is 11.5 Å². The smallest absolute Gasteiger partial charge is 0.380 e. The molecule has 0 radical (unpaired) electrons. The summed E-state index contributed by atoms with van der Waals surface area (Å²) in [7, 11) is 0. The zero-order valence-corrected chi connectivity index (χ0v) is 20.4. The molecule has 2 aliphatic heterocycles. The van der Waals surface area contributed by atoms with Gasteiger partial charge in [-0.15, -0.1) is 0 Å². The fraction of sp³-hybridized carbons (Fsp3) is 0.423. The van der Waals surface area contributed by atoms with Gasteiger partial charge in [-0.3, -0.25) is 9.69 Å². The summed E-state index contributed by atoms with van der Waals surface area (Å²) in [5.41, 5.74) is 0.624. The van der Waals surface area contributed by atoms with Crippen molar-refractivity contribution in [3.63, 3.8) is 0 Å². The van der Waals surface area contributed by atoms with Gasteiger partial charge in [-0.25, -0.2) is 0 Å². The van der Waals surface area contributed by atoms with Crippen molar-refractivity contribution in [1.29, 1.82) is 0 Å². The number of likely N-dealkylation sites (tertiary alicyclic amines) is 1. The number of fused-ring (bicyclic) bond motifs is 2. The van der Waals surface area contributed by atoms with E-state index in [0.29, 0.717) is 40.7 Å². The van der Waals surface area contributed by atoms with Crippen molar-refractivity contribution < 1.29 is 32.6 Å². The van der Waals surface area contributed by atoms with Crippen LogP contribution in [-0.4, -0.2) is 54.3 Å². The minimum Gasteiger partial charge on any atom is -0.486 e. The molecule has 7 nitrogen and oxygen atoms in total. The third-order valence-electron chi connectivity index (χ3n) is 6.80. The van der Waals surface area contributed by atoms with Gasteiger partial charge in [-0.2, -0.15) is 8.78 Å². The monoisotopic (exact) mass is 520 g/mol. The van der Waals surface area contributed by atoms with E-state index < -0.39 is 29.7 Å². The molecule has 3 atom stereocenters. The Morgan fingerprint density at radius 1 is 1.19 bits per heavy atom. The number of nitrogens with zero attached hydrogens (tertiary/aromatic N) is 1. The molecule has 1 aromatic heterocycles. The molecular weight excluding hydrogens is 494 g/mol. The summed E-state index contributed by atoms with van der Waals surface area (Å²) in [5.74, 6) is -5.31. The summed E-state index contributed by atoms with van der Waals surface area (Å²) in [6, 6.07) is 9.71. The Balaban J connectivity index is 1.40. The predicted molar refractivity (Wildman–Crippen MR) is 130 cm³/mol. The highest BCUT2D eigenvalue weighted by atomic mass is 35.5. The van der Waals surface area contributed by atoms with Crippen LogP contribution in [-0.2, 0) is 10.7 Å². The van der Waals surface area contributed by atoms with Crippen molar-refractivity contribution in [3.05, 3.63) is 58.8 Å². The third-order valence-corrected chi connectivity index (χ3v) is 7.04. The Morgan fingerprint density at radius 2 is 1.97 bits per heavy atom. The largest absolute Gasteiger partial charge is 0.486 e. The maximum atomic E-state index is 15.3. The molecule has 1 fully saturated rings. The number of aliphatic hydroxyl groups excluding tert-OH is 1. The molecule has 0 aliphatic carbocycles. The summed E-state index contributed by atoms with van der Waals surface area (Å²) >= 11 is 5.95. The number of alkyl halides is 2. The van der Waals surface area contributed by atoms with Gasteiger partial charge in [-0.1, -0.05) is 17.7 Å². The molecular formula is C26H27ClF2N2O5. The average molecular weight is 521 g/mol. The number of ether oxygens (including phenoxy) is 2. The van der Waals surface area contributed by atoms with Crippen LogP contribution >= 0.6 is 11.6 Å². The second-order valence-electron chi connectivity index (χ2n) is 9.28. The summed E-state index contributed by atoms with van der Waals surface area (Å²) in [5, 5.41) is 14.4. The molecule has 2 N–H and O–H groups in total. The number of halogens is 3. The lowest BCUT2D eigenvalue weighted by Crippen LogP contribution is -2.51. The van der Waals surface area contributed by atoms with Crippen molar-refractivity contribution in [2.24, 2.45) is 0 Å². The van der Waals surface area contributed by atoms with E-state index in [-0.39, 0.29) is 18.2 Å². The number of hydrogen-bond donors (Lipinski definition) is 2.